The second kappa shape index (κ2) is 8.75. The highest BCUT2D eigenvalue weighted by Gasteiger charge is 2.19. The first kappa shape index (κ1) is 19.6. The molecule has 0 saturated heterocycles. The van der Waals surface area contributed by atoms with Crippen LogP contribution in [0.2, 0.25) is 0 Å². The Bertz CT molecular complexity index is 1200. The van der Waals surface area contributed by atoms with Crippen molar-refractivity contribution >= 4 is 29.1 Å². The van der Waals surface area contributed by atoms with Crippen molar-refractivity contribution in [1.29, 1.82) is 0 Å². The largest absolute Gasteiger partial charge is 0.454 e. The van der Waals surface area contributed by atoms with Crippen LogP contribution in [0.5, 0.6) is 0 Å². The summed E-state index contributed by atoms with van der Waals surface area (Å²) in [5.74, 6) is -0.664. The fourth-order valence-electron chi connectivity index (χ4n) is 2.73. The van der Waals surface area contributed by atoms with Crippen molar-refractivity contribution in [3.05, 3.63) is 82.2 Å². The zero-order valence-electron chi connectivity index (χ0n) is 15.9. The third kappa shape index (κ3) is 4.47. The highest BCUT2D eigenvalue weighted by atomic mass is 32.1. The molecule has 2 aromatic heterocycles. The molecule has 2 heterocycles. The molecule has 0 atom stereocenters. The van der Waals surface area contributed by atoms with Gasteiger partial charge in [-0.3, -0.25) is 0 Å². The maximum absolute atomic E-state index is 13.6. The van der Waals surface area contributed by atoms with E-state index in [2.05, 4.69) is 20.5 Å². The van der Waals surface area contributed by atoms with E-state index in [1.165, 1.54) is 34.2 Å². The standard InChI is InChI=1S/C21H16FN5O2S/c1-14-24-25-26-27(14)19(11-15-6-5-9-17(22)10-15)21(28)29-12-20-23-18(13-30-20)16-7-3-2-4-8-16/h2-11,13H,12H2,1H3/b19-11-. The van der Waals surface area contributed by atoms with Gasteiger partial charge in [0, 0.05) is 10.9 Å². The number of esters is 1. The molecule has 7 nitrogen and oxygen atoms in total. The van der Waals surface area contributed by atoms with Crippen LogP contribution in [0.4, 0.5) is 4.39 Å². The average molecular weight is 421 g/mol. The Balaban J connectivity index is 1.54. The molecule has 0 radical (unpaired) electrons. The summed E-state index contributed by atoms with van der Waals surface area (Å²) in [5.41, 5.74) is 2.36. The molecule has 0 unspecified atom stereocenters. The van der Waals surface area contributed by atoms with Crippen molar-refractivity contribution in [2.75, 3.05) is 0 Å². The van der Waals surface area contributed by atoms with Crippen LogP contribution in [0.25, 0.3) is 23.0 Å². The van der Waals surface area contributed by atoms with Crippen LogP contribution in [0.15, 0.2) is 60.0 Å². The Hall–Kier alpha value is -3.72. The number of ether oxygens (including phenoxy) is 1. The van der Waals surface area contributed by atoms with Crippen LogP contribution in [-0.4, -0.2) is 31.2 Å². The molecular weight excluding hydrogens is 405 g/mol. The van der Waals surface area contributed by atoms with E-state index < -0.39 is 11.8 Å². The number of thiazole rings is 1. The number of carbonyl (C=O) groups excluding carboxylic acids is 1. The van der Waals surface area contributed by atoms with E-state index in [1.807, 2.05) is 35.7 Å². The molecule has 0 bridgehead atoms. The van der Waals surface area contributed by atoms with Gasteiger partial charge in [-0.15, -0.1) is 16.4 Å². The minimum atomic E-state index is -0.647. The fourth-order valence-corrected chi connectivity index (χ4v) is 3.45. The van der Waals surface area contributed by atoms with E-state index in [9.17, 15) is 9.18 Å². The van der Waals surface area contributed by atoms with Crippen LogP contribution >= 0.6 is 11.3 Å². The summed E-state index contributed by atoms with van der Waals surface area (Å²) in [7, 11) is 0. The van der Waals surface area contributed by atoms with Crippen molar-refractivity contribution in [3.63, 3.8) is 0 Å². The molecule has 0 aliphatic rings. The number of halogens is 1. The predicted octanol–water partition coefficient (Wildman–Crippen LogP) is 3.99. The van der Waals surface area contributed by atoms with Gasteiger partial charge in [-0.05, 0) is 41.1 Å². The summed E-state index contributed by atoms with van der Waals surface area (Å²) < 4.78 is 20.3. The van der Waals surface area contributed by atoms with Gasteiger partial charge in [-0.1, -0.05) is 42.5 Å². The van der Waals surface area contributed by atoms with Gasteiger partial charge < -0.3 is 4.74 Å². The number of hydrogen-bond donors (Lipinski definition) is 0. The lowest BCUT2D eigenvalue weighted by Gasteiger charge is -2.08. The maximum atomic E-state index is 13.6. The van der Waals surface area contributed by atoms with E-state index in [1.54, 1.807) is 19.1 Å². The Kier molecular flexibility index (Phi) is 5.71. The molecule has 30 heavy (non-hydrogen) atoms. The van der Waals surface area contributed by atoms with Crippen molar-refractivity contribution in [2.45, 2.75) is 13.5 Å². The minimum absolute atomic E-state index is 0.00199. The van der Waals surface area contributed by atoms with Gasteiger partial charge in [0.05, 0.1) is 5.69 Å². The first-order valence-corrected chi connectivity index (χ1v) is 9.88. The van der Waals surface area contributed by atoms with Gasteiger partial charge in [0.2, 0.25) is 0 Å². The second-order valence-electron chi connectivity index (χ2n) is 6.29. The quantitative estimate of drug-likeness (QED) is 0.346. The molecule has 0 amide bonds. The van der Waals surface area contributed by atoms with Crippen molar-refractivity contribution in [3.8, 4) is 11.3 Å². The van der Waals surface area contributed by atoms with Crippen LogP contribution in [0.1, 0.15) is 16.4 Å². The number of nitrogens with zero attached hydrogens (tertiary/aromatic N) is 5. The molecule has 0 aliphatic heterocycles. The number of benzene rings is 2. The molecular formula is C21H16FN5O2S. The number of tetrazole rings is 1. The van der Waals surface area contributed by atoms with E-state index in [-0.39, 0.29) is 12.3 Å². The number of carbonyl (C=O) groups is 1. The lowest BCUT2D eigenvalue weighted by Crippen LogP contribution is -2.15. The summed E-state index contributed by atoms with van der Waals surface area (Å²) in [4.78, 5) is 17.3. The molecule has 0 aliphatic carbocycles. The van der Waals surface area contributed by atoms with Gasteiger partial charge >= 0.3 is 5.97 Å². The number of rotatable bonds is 6. The fraction of sp³-hybridized carbons (Fsp3) is 0.0952. The number of hydrogen-bond acceptors (Lipinski definition) is 7. The molecule has 9 heteroatoms. The summed E-state index contributed by atoms with van der Waals surface area (Å²) in [6.45, 7) is 1.65. The van der Waals surface area contributed by atoms with Crippen molar-refractivity contribution < 1.29 is 13.9 Å². The van der Waals surface area contributed by atoms with Gasteiger partial charge in [0.25, 0.3) is 0 Å². The topological polar surface area (TPSA) is 82.8 Å². The summed E-state index contributed by atoms with van der Waals surface area (Å²) in [5, 5.41) is 13.8. The molecule has 0 saturated carbocycles. The minimum Gasteiger partial charge on any atom is -0.454 e. The van der Waals surface area contributed by atoms with Crippen molar-refractivity contribution in [1.82, 2.24) is 25.2 Å². The molecule has 150 valence electrons. The third-order valence-electron chi connectivity index (χ3n) is 4.16. The van der Waals surface area contributed by atoms with Crippen LogP contribution in [0.3, 0.4) is 0 Å². The first-order chi connectivity index (χ1) is 14.6. The zero-order chi connectivity index (χ0) is 20.9. The molecule has 0 N–H and O–H groups in total. The number of aromatic nitrogens is 5. The highest BCUT2D eigenvalue weighted by molar-refractivity contribution is 7.09. The molecule has 0 spiro atoms. The van der Waals surface area contributed by atoms with Gasteiger partial charge in [0.1, 0.15) is 17.4 Å². The molecule has 4 aromatic rings. The molecule has 0 fully saturated rings. The zero-order valence-corrected chi connectivity index (χ0v) is 16.7. The van der Waals surface area contributed by atoms with E-state index >= 15 is 0 Å². The second-order valence-corrected chi connectivity index (χ2v) is 7.23. The third-order valence-corrected chi connectivity index (χ3v) is 4.99. The Morgan fingerprint density at radius 1 is 1.20 bits per heavy atom. The normalized spacial score (nSPS) is 11.5. The highest BCUT2D eigenvalue weighted by Crippen LogP contribution is 2.22. The van der Waals surface area contributed by atoms with E-state index in [4.69, 9.17) is 4.74 Å². The van der Waals surface area contributed by atoms with Crippen molar-refractivity contribution in [2.24, 2.45) is 0 Å². The van der Waals surface area contributed by atoms with Crippen LogP contribution < -0.4 is 0 Å². The van der Waals surface area contributed by atoms with E-state index in [0.717, 1.165) is 11.3 Å². The van der Waals surface area contributed by atoms with Gasteiger partial charge in [-0.2, -0.15) is 4.68 Å². The van der Waals surface area contributed by atoms with Gasteiger partial charge in [0.15, 0.2) is 11.5 Å². The van der Waals surface area contributed by atoms with E-state index in [0.29, 0.717) is 16.4 Å². The van der Waals surface area contributed by atoms with Crippen LogP contribution in [-0.2, 0) is 16.1 Å². The molecule has 4 rings (SSSR count). The summed E-state index contributed by atoms with van der Waals surface area (Å²) >= 11 is 1.40. The maximum Gasteiger partial charge on any atom is 0.357 e. The Labute approximate surface area is 175 Å². The van der Waals surface area contributed by atoms with Crippen LogP contribution in [0, 0.1) is 12.7 Å². The molecule has 2 aromatic carbocycles. The summed E-state index contributed by atoms with van der Waals surface area (Å²) in [6, 6.07) is 15.6. The average Bonchev–Trinajstić information content (AvgIpc) is 3.40. The monoisotopic (exact) mass is 421 g/mol. The Morgan fingerprint density at radius 3 is 2.77 bits per heavy atom. The lowest BCUT2D eigenvalue weighted by atomic mass is 10.2. The number of aryl methyl sites for hydroxylation is 1. The van der Waals surface area contributed by atoms with Gasteiger partial charge in [-0.25, -0.2) is 14.2 Å². The predicted molar refractivity (Wildman–Crippen MR) is 110 cm³/mol. The first-order valence-electron chi connectivity index (χ1n) is 9.00. The smallest absolute Gasteiger partial charge is 0.357 e. The SMILES string of the molecule is Cc1nnnn1/C(=C\c1cccc(F)c1)C(=O)OCc1nc(-c2ccccc2)cs1. The lowest BCUT2D eigenvalue weighted by molar-refractivity contribution is -0.138. The summed E-state index contributed by atoms with van der Waals surface area (Å²) in [6.07, 6.45) is 1.48. The Morgan fingerprint density at radius 2 is 2.03 bits per heavy atom.